The van der Waals surface area contributed by atoms with Crippen LogP contribution in [0.15, 0.2) is 33.9 Å². The fraction of sp³-hybridized carbons (Fsp3) is 0.476. The van der Waals surface area contributed by atoms with E-state index in [1.165, 1.54) is 4.57 Å². The summed E-state index contributed by atoms with van der Waals surface area (Å²) in [5.74, 6) is 1.36. The van der Waals surface area contributed by atoms with E-state index in [-0.39, 0.29) is 6.10 Å². The number of aryl methyl sites for hydroxylation is 3. The van der Waals surface area contributed by atoms with E-state index in [0.29, 0.717) is 43.2 Å². The molecule has 0 aliphatic carbocycles. The lowest BCUT2D eigenvalue weighted by Crippen LogP contribution is -2.29. The van der Waals surface area contributed by atoms with Crippen molar-refractivity contribution in [2.75, 3.05) is 25.6 Å². The number of nitrogens with one attached hydrogen (secondary N) is 2. The maximum absolute atomic E-state index is 12.5. The maximum atomic E-state index is 12.5. The van der Waals surface area contributed by atoms with Gasteiger partial charge in [-0.15, -0.1) is 0 Å². The molecule has 2 aromatic heterocycles. The fourth-order valence-electron chi connectivity index (χ4n) is 3.21. The van der Waals surface area contributed by atoms with E-state index in [1.807, 2.05) is 42.7 Å². The predicted octanol–water partition coefficient (Wildman–Crippen LogP) is 1.90. The van der Waals surface area contributed by atoms with Crippen LogP contribution < -0.4 is 21.3 Å². The van der Waals surface area contributed by atoms with Crippen LogP contribution in [0, 0.1) is 0 Å². The molecule has 0 saturated heterocycles. The molecule has 2 heterocycles. The molecule has 0 radical (unpaired) electrons. The lowest BCUT2D eigenvalue weighted by molar-refractivity contribution is 0.0787. The third-order valence-electron chi connectivity index (χ3n) is 4.85. The van der Waals surface area contributed by atoms with Crippen molar-refractivity contribution in [1.82, 2.24) is 19.1 Å². The zero-order chi connectivity index (χ0) is 21.7. The summed E-state index contributed by atoms with van der Waals surface area (Å²) in [4.78, 5) is 31.4. The molecule has 0 aliphatic rings. The number of imidazole rings is 1. The van der Waals surface area contributed by atoms with Gasteiger partial charge in [0.05, 0.1) is 13.2 Å². The van der Waals surface area contributed by atoms with Gasteiger partial charge in [-0.2, -0.15) is 4.98 Å². The van der Waals surface area contributed by atoms with Gasteiger partial charge in [0, 0.05) is 26.7 Å². The van der Waals surface area contributed by atoms with Crippen molar-refractivity contribution >= 4 is 17.1 Å². The van der Waals surface area contributed by atoms with Gasteiger partial charge in [-0.05, 0) is 44.4 Å². The molecule has 0 aliphatic heterocycles. The summed E-state index contributed by atoms with van der Waals surface area (Å²) in [5.41, 5.74) is 0.928. The Morgan fingerprint density at radius 3 is 2.60 bits per heavy atom. The molecule has 3 rings (SSSR count). The number of aromatic nitrogens is 4. The van der Waals surface area contributed by atoms with Crippen LogP contribution in [0.4, 0.5) is 5.95 Å². The van der Waals surface area contributed by atoms with Crippen LogP contribution in [0.1, 0.15) is 25.8 Å². The number of fused-ring (bicyclic) bond motifs is 1. The van der Waals surface area contributed by atoms with E-state index in [4.69, 9.17) is 9.47 Å². The number of nitrogens with zero attached hydrogens (tertiary/aromatic N) is 3. The van der Waals surface area contributed by atoms with Gasteiger partial charge in [-0.3, -0.25) is 14.3 Å². The number of H-pyrrole nitrogens is 1. The Kier molecular flexibility index (Phi) is 6.94. The first-order chi connectivity index (χ1) is 14.4. The molecule has 0 bridgehead atoms. The van der Waals surface area contributed by atoms with Crippen LogP contribution in [0.25, 0.3) is 11.2 Å². The third-order valence-corrected chi connectivity index (χ3v) is 4.85. The largest absolute Gasteiger partial charge is 0.497 e. The molecular formula is C21H29N5O4. The molecule has 0 unspecified atom stereocenters. The summed E-state index contributed by atoms with van der Waals surface area (Å²) in [6.07, 6.45) is 1.69. The van der Waals surface area contributed by atoms with Gasteiger partial charge in [0.1, 0.15) is 5.75 Å². The van der Waals surface area contributed by atoms with Crippen molar-refractivity contribution in [2.24, 2.45) is 7.05 Å². The summed E-state index contributed by atoms with van der Waals surface area (Å²) < 4.78 is 14.0. The first-order valence-electron chi connectivity index (χ1n) is 10.1. The SMILES string of the molecule is COc1ccc(CCn2c(NCCCOC(C)C)nc3c2c(=O)[nH]c(=O)n3C)cc1. The molecule has 9 heteroatoms. The van der Waals surface area contributed by atoms with E-state index < -0.39 is 11.2 Å². The van der Waals surface area contributed by atoms with Crippen molar-refractivity contribution in [2.45, 2.75) is 39.3 Å². The van der Waals surface area contributed by atoms with Gasteiger partial charge >= 0.3 is 5.69 Å². The molecule has 0 saturated carbocycles. The number of benzene rings is 1. The van der Waals surface area contributed by atoms with E-state index >= 15 is 0 Å². The van der Waals surface area contributed by atoms with Crippen LogP contribution in [0.3, 0.4) is 0 Å². The van der Waals surface area contributed by atoms with Crippen molar-refractivity contribution in [3.63, 3.8) is 0 Å². The van der Waals surface area contributed by atoms with Gasteiger partial charge in [0.2, 0.25) is 5.95 Å². The molecule has 0 spiro atoms. The fourth-order valence-corrected chi connectivity index (χ4v) is 3.21. The number of ether oxygens (including phenoxy) is 2. The summed E-state index contributed by atoms with van der Waals surface area (Å²) in [6.45, 7) is 5.81. The Morgan fingerprint density at radius 1 is 1.20 bits per heavy atom. The topological polar surface area (TPSA) is 103 Å². The maximum Gasteiger partial charge on any atom is 0.329 e. The minimum atomic E-state index is -0.482. The Bertz CT molecular complexity index is 1100. The first-order valence-corrected chi connectivity index (χ1v) is 10.1. The summed E-state index contributed by atoms with van der Waals surface area (Å²) in [5, 5.41) is 3.29. The second kappa shape index (κ2) is 9.62. The third kappa shape index (κ3) is 4.91. The van der Waals surface area contributed by atoms with E-state index in [0.717, 1.165) is 17.7 Å². The zero-order valence-electron chi connectivity index (χ0n) is 17.9. The van der Waals surface area contributed by atoms with Crippen LogP contribution in [-0.4, -0.2) is 45.5 Å². The van der Waals surface area contributed by atoms with Gasteiger partial charge in [-0.25, -0.2) is 4.79 Å². The van der Waals surface area contributed by atoms with Gasteiger partial charge < -0.3 is 19.4 Å². The standard InChI is InChI=1S/C21H29N5O4/c1-14(2)30-13-5-11-22-20-23-18-17(19(27)24-21(28)25(18)3)26(20)12-10-15-6-8-16(29-4)9-7-15/h6-9,14H,5,10-13H2,1-4H3,(H,22,23)(H,24,27,28). The molecule has 0 amide bonds. The smallest absolute Gasteiger partial charge is 0.329 e. The van der Waals surface area contributed by atoms with Gasteiger partial charge in [0.25, 0.3) is 5.56 Å². The average Bonchev–Trinajstić information content (AvgIpc) is 3.09. The quantitative estimate of drug-likeness (QED) is 0.490. The lowest BCUT2D eigenvalue weighted by Gasteiger charge is -2.11. The zero-order valence-corrected chi connectivity index (χ0v) is 17.9. The Labute approximate surface area is 174 Å². The lowest BCUT2D eigenvalue weighted by atomic mass is 10.1. The highest BCUT2D eigenvalue weighted by Gasteiger charge is 2.17. The summed E-state index contributed by atoms with van der Waals surface area (Å²) in [7, 11) is 3.23. The Morgan fingerprint density at radius 2 is 1.93 bits per heavy atom. The predicted molar refractivity (Wildman–Crippen MR) is 116 cm³/mol. The Balaban J connectivity index is 1.85. The molecule has 3 aromatic rings. The first kappa shape index (κ1) is 21.6. The van der Waals surface area contributed by atoms with Crippen LogP contribution in [0.2, 0.25) is 0 Å². The molecule has 0 fully saturated rings. The second-order valence-electron chi connectivity index (χ2n) is 7.38. The molecule has 2 N–H and O–H groups in total. The molecule has 30 heavy (non-hydrogen) atoms. The average molecular weight is 415 g/mol. The molecule has 1 aromatic carbocycles. The number of hydrogen-bond acceptors (Lipinski definition) is 6. The van der Waals surface area contributed by atoms with Crippen LogP contribution >= 0.6 is 0 Å². The number of hydrogen-bond donors (Lipinski definition) is 2. The van der Waals surface area contributed by atoms with Crippen molar-refractivity contribution in [3.8, 4) is 5.75 Å². The second-order valence-corrected chi connectivity index (χ2v) is 7.38. The molecule has 9 nitrogen and oxygen atoms in total. The summed E-state index contributed by atoms with van der Waals surface area (Å²) >= 11 is 0. The molecule has 0 atom stereocenters. The van der Waals surface area contributed by atoms with Gasteiger partial charge in [0.15, 0.2) is 11.2 Å². The highest BCUT2D eigenvalue weighted by atomic mass is 16.5. The van der Waals surface area contributed by atoms with Crippen molar-refractivity contribution in [3.05, 3.63) is 50.7 Å². The van der Waals surface area contributed by atoms with E-state index in [1.54, 1.807) is 14.2 Å². The summed E-state index contributed by atoms with van der Waals surface area (Å²) in [6, 6.07) is 7.81. The number of rotatable bonds is 10. The van der Waals surface area contributed by atoms with Crippen molar-refractivity contribution in [1.29, 1.82) is 0 Å². The van der Waals surface area contributed by atoms with E-state index in [2.05, 4.69) is 15.3 Å². The van der Waals surface area contributed by atoms with E-state index in [9.17, 15) is 9.59 Å². The van der Waals surface area contributed by atoms with Crippen LogP contribution in [0.5, 0.6) is 5.75 Å². The normalized spacial score (nSPS) is 11.4. The highest BCUT2D eigenvalue weighted by molar-refractivity contribution is 5.74. The molecular weight excluding hydrogens is 386 g/mol. The Hall–Kier alpha value is -3.07. The number of aromatic amines is 1. The highest BCUT2D eigenvalue weighted by Crippen LogP contribution is 2.18. The molecule has 162 valence electrons. The monoisotopic (exact) mass is 415 g/mol. The van der Waals surface area contributed by atoms with Crippen molar-refractivity contribution < 1.29 is 9.47 Å². The number of methoxy groups -OCH3 is 1. The van der Waals surface area contributed by atoms with Gasteiger partial charge in [-0.1, -0.05) is 12.1 Å². The van der Waals surface area contributed by atoms with Crippen LogP contribution in [-0.2, 0) is 24.8 Å². The minimum Gasteiger partial charge on any atom is -0.497 e. The number of anilines is 1. The minimum absolute atomic E-state index is 0.187.